The third-order valence-corrected chi connectivity index (χ3v) is 5.36. The highest BCUT2D eigenvalue weighted by Crippen LogP contribution is 2.34. The van der Waals surface area contributed by atoms with Crippen molar-refractivity contribution in [3.63, 3.8) is 0 Å². The van der Waals surface area contributed by atoms with Crippen molar-refractivity contribution in [2.75, 3.05) is 44.3 Å². The molecular formula is C19H21FN6O3. The largest absolute Gasteiger partial charge is 0.441 e. The van der Waals surface area contributed by atoms with Crippen LogP contribution in [0.5, 0.6) is 0 Å². The number of hydrogen-bond acceptors (Lipinski definition) is 6. The Hall–Kier alpha value is -3.14. The minimum atomic E-state index is -0.345. The first kappa shape index (κ1) is 17.9. The molecule has 3 aromatic heterocycles. The minimum absolute atomic E-state index is 0.139. The highest BCUT2D eigenvalue weighted by molar-refractivity contribution is 5.94. The number of ether oxygens (including phenoxy) is 2. The molecule has 1 amide bonds. The molecule has 0 atom stereocenters. The molecule has 0 radical (unpaired) electrons. The van der Waals surface area contributed by atoms with Crippen molar-refractivity contribution in [3.05, 3.63) is 30.5 Å². The number of nitrogens with zero attached hydrogens (tertiary/aromatic N) is 5. The Balaban J connectivity index is 1.37. The van der Waals surface area contributed by atoms with Crippen molar-refractivity contribution < 1.29 is 18.7 Å². The number of fused-ring (bicyclic) bond motifs is 1. The topological polar surface area (TPSA) is 88.5 Å². The van der Waals surface area contributed by atoms with E-state index < -0.39 is 0 Å². The lowest BCUT2D eigenvalue weighted by Crippen LogP contribution is -2.51. The number of aromatic nitrogens is 4. The second-order valence-electron chi connectivity index (χ2n) is 7.29. The summed E-state index contributed by atoms with van der Waals surface area (Å²) in [5.41, 5.74) is 2.30. The van der Waals surface area contributed by atoms with Gasteiger partial charge in [-0.15, -0.1) is 0 Å². The molecule has 0 saturated carbocycles. The summed E-state index contributed by atoms with van der Waals surface area (Å²) in [6.07, 6.45) is 4.58. The maximum absolute atomic E-state index is 15.3. The summed E-state index contributed by atoms with van der Waals surface area (Å²) in [6, 6.07) is 1.81. The van der Waals surface area contributed by atoms with Crippen molar-refractivity contribution in [1.29, 1.82) is 0 Å². The zero-order valence-electron chi connectivity index (χ0n) is 16.0. The average Bonchev–Trinajstić information content (AvgIpc) is 3.28. The molecule has 2 saturated heterocycles. The van der Waals surface area contributed by atoms with Gasteiger partial charge >= 0.3 is 6.09 Å². The van der Waals surface area contributed by atoms with E-state index >= 15 is 4.39 Å². The van der Waals surface area contributed by atoms with Gasteiger partial charge in [-0.1, -0.05) is 0 Å². The molecule has 5 rings (SSSR count). The van der Waals surface area contributed by atoms with E-state index in [4.69, 9.17) is 9.47 Å². The summed E-state index contributed by atoms with van der Waals surface area (Å²) in [6.45, 7) is 3.12. The predicted molar refractivity (Wildman–Crippen MR) is 103 cm³/mol. The van der Waals surface area contributed by atoms with E-state index in [2.05, 4.69) is 20.0 Å². The molecule has 10 heteroatoms. The maximum atomic E-state index is 15.3. The molecule has 152 valence electrons. The van der Waals surface area contributed by atoms with Gasteiger partial charge in [0.2, 0.25) is 0 Å². The van der Waals surface area contributed by atoms with Crippen LogP contribution in [0.3, 0.4) is 0 Å². The van der Waals surface area contributed by atoms with Crippen molar-refractivity contribution >= 4 is 22.8 Å². The van der Waals surface area contributed by atoms with Crippen molar-refractivity contribution in [1.82, 2.24) is 24.6 Å². The Kier molecular flexibility index (Phi) is 4.35. The normalized spacial score (nSPS) is 17.6. The van der Waals surface area contributed by atoms with Crippen LogP contribution in [-0.4, -0.2) is 76.2 Å². The van der Waals surface area contributed by atoms with Gasteiger partial charge in [-0.05, 0) is 6.07 Å². The smallest absolute Gasteiger partial charge is 0.410 e. The summed E-state index contributed by atoms with van der Waals surface area (Å²) in [5, 5.41) is 4.57. The van der Waals surface area contributed by atoms with Gasteiger partial charge in [0, 0.05) is 51.2 Å². The van der Waals surface area contributed by atoms with Crippen LogP contribution in [-0.2, 0) is 16.5 Å². The fourth-order valence-corrected chi connectivity index (χ4v) is 3.70. The number of amides is 1. The fourth-order valence-electron chi connectivity index (χ4n) is 3.70. The summed E-state index contributed by atoms with van der Waals surface area (Å²) in [7, 11) is 1.79. The zero-order valence-corrected chi connectivity index (χ0v) is 16.0. The molecule has 9 nitrogen and oxygen atoms in total. The van der Waals surface area contributed by atoms with Gasteiger partial charge in [-0.3, -0.25) is 4.68 Å². The highest BCUT2D eigenvalue weighted by Gasteiger charge is 2.29. The number of carbonyl (C=O) groups is 1. The van der Waals surface area contributed by atoms with Crippen molar-refractivity contribution in [2.45, 2.75) is 6.10 Å². The van der Waals surface area contributed by atoms with Gasteiger partial charge in [0.25, 0.3) is 0 Å². The molecule has 0 aliphatic carbocycles. The number of anilines is 1. The Morgan fingerprint density at radius 3 is 2.76 bits per heavy atom. The first-order chi connectivity index (χ1) is 14.1. The quantitative estimate of drug-likeness (QED) is 0.721. The standard InChI is InChI=1S/C19H21FN6O3/c1-24-9-12(8-22-24)17-16(20)15-14(2-3-21-18(15)23-17)25-4-6-26(7-5-25)19(27)29-13-10-28-11-13/h2-3,8-9,13H,4-7,10-11H2,1H3,(H,21,23). The molecule has 29 heavy (non-hydrogen) atoms. The monoisotopic (exact) mass is 400 g/mol. The second-order valence-corrected chi connectivity index (χ2v) is 7.29. The van der Waals surface area contributed by atoms with Crippen molar-refractivity contribution in [3.8, 4) is 11.3 Å². The molecule has 2 aliphatic heterocycles. The van der Waals surface area contributed by atoms with Crippen LogP contribution in [0.2, 0.25) is 0 Å². The van der Waals surface area contributed by atoms with Gasteiger partial charge in [0.15, 0.2) is 11.9 Å². The van der Waals surface area contributed by atoms with Gasteiger partial charge in [-0.25, -0.2) is 14.2 Å². The Morgan fingerprint density at radius 2 is 2.10 bits per heavy atom. The number of pyridine rings is 1. The number of halogens is 1. The van der Waals surface area contributed by atoms with E-state index in [-0.39, 0.29) is 18.0 Å². The van der Waals surface area contributed by atoms with Gasteiger partial charge < -0.3 is 24.3 Å². The van der Waals surface area contributed by atoms with Crippen LogP contribution in [0.4, 0.5) is 14.9 Å². The molecule has 3 aromatic rings. The number of piperazine rings is 1. The molecule has 0 unspecified atom stereocenters. The highest BCUT2D eigenvalue weighted by atomic mass is 19.1. The molecule has 0 spiro atoms. The number of H-pyrrole nitrogens is 1. The number of carbonyl (C=O) groups excluding carboxylic acids is 1. The van der Waals surface area contributed by atoms with E-state index in [0.29, 0.717) is 61.7 Å². The van der Waals surface area contributed by atoms with Crippen LogP contribution in [0.15, 0.2) is 24.7 Å². The van der Waals surface area contributed by atoms with E-state index in [0.717, 1.165) is 5.69 Å². The first-order valence-corrected chi connectivity index (χ1v) is 9.53. The van der Waals surface area contributed by atoms with E-state index in [9.17, 15) is 4.79 Å². The lowest BCUT2D eigenvalue weighted by atomic mass is 10.2. The first-order valence-electron chi connectivity index (χ1n) is 9.53. The molecule has 0 bridgehead atoms. The van der Waals surface area contributed by atoms with E-state index in [1.807, 2.05) is 6.07 Å². The molecule has 1 N–H and O–H groups in total. The summed E-state index contributed by atoms with van der Waals surface area (Å²) in [4.78, 5) is 23.3. The number of aryl methyl sites for hydroxylation is 1. The molecule has 5 heterocycles. The van der Waals surface area contributed by atoms with Gasteiger partial charge in [0.1, 0.15) is 5.65 Å². The fraction of sp³-hybridized carbons (Fsp3) is 0.421. The Bertz CT molecular complexity index is 1050. The van der Waals surface area contributed by atoms with Crippen LogP contribution in [0.1, 0.15) is 0 Å². The third kappa shape index (κ3) is 3.19. The Labute approximate surface area is 166 Å². The second kappa shape index (κ2) is 7.03. The number of rotatable bonds is 3. The van der Waals surface area contributed by atoms with Crippen LogP contribution in [0, 0.1) is 5.82 Å². The number of hydrogen-bond donors (Lipinski definition) is 1. The Morgan fingerprint density at radius 1 is 1.31 bits per heavy atom. The minimum Gasteiger partial charge on any atom is -0.441 e. The van der Waals surface area contributed by atoms with Gasteiger partial charge in [-0.2, -0.15) is 5.10 Å². The zero-order chi connectivity index (χ0) is 20.0. The van der Waals surface area contributed by atoms with Crippen LogP contribution in [0.25, 0.3) is 22.3 Å². The predicted octanol–water partition coefficient (Wildman–Crippen LogP) is 1.76. The summed E-state index contributed by atoms with van der Waals surface area (Å²) in [5.74, 6) is -0.345. The van der Waals surface area contributed by atoms with Crippen LogP contribution < -0.4 is 4.90 Å². The summed E-state index contributed by atoms with van der Waals surface area (Å²) < 4.78 is 27.3. The number of aromatic amines is 1. The molecule has 2 aliphatic rings. The molecule has 0 aromatic carbocycles. The van der Waals surface area contributed by atoms with Gasteiger partial charge in [0.05, 0.1) is 36.2 Å². The number of nitrogens with one attached hydrogen (secondary N) is 1. The van der Waals surface area contributed by atoms with E-state index in [1.165, 1.54) is 0 Å². The van der Waals surface area contributed by atoms with E-state index in [1.54, 1.807) is 35.2 Å². The maximum Gasteiger partial charge on any atom is 0.410 e. The molecule has 2 fully saturated rings. The third-order valence-electron chi connectivity index (χ3n) is 5.36. The SMILES string of the molecule is Cn1cc(-c2[nH]c3nccc(N4CCN(C(=O)OC5COC5)CC4)c3c2F)cn1. The lowest BCUT2D eigenvalue weighted by Gasteiger charge is -2.37. The average molecular weight is 400 g/mol. The van der Waals surface area contributed by atoms with Crippen LogP contribution >= 0.6 is 0 Å². The summed E-state index contributed by atoms with van der Waals surface area (Å²) >= 11 is 0. The molecular weight excluding hydrogens is 379 g/mol. The van der Waals surface area contributed by atoms with Crippen molar-refractivity contribution in [2.24, 2.45) is 7.05 Å². The lowest BCUT2D eigenvalue weighted by molar-refractivity contribution is -0.104.